The lowest BCUT2D eigenvalue weighted by molar-refractivity contribution is -0.116. The van der Waals surface area contributed by atoms with E-state index in [0.717, 1.165) is 24.5 Å². The smallest absolute Gasteiger partial charge is 0.224 e. The first-order chi connectivity index (χ1) is 11.1. The summed E-state index contributed by atoms with van der Waals surface area (Å²) in [6, 6.07) is 14.6. The maximum absolute atomic E-state index is 11.6. The molecule has 1 aromatic carbocycles. The summed E-state index contributed by atoms with van der Waals surface area (Å²) in [5.41, 5.74) is 2.00. The molecule has 0 fully saturated rings. The lowest BCUT2D eigenvalue weighted by Gasteiger charge is -2.28. The van der Waals surface area contributed by atoms with Gasteiger partial charge in [-0.05, 0) is 38.0 Å². The fraction of sp³-hybridized carbons (Fsp3) is 0.368. The maximum Gasteiger partial charge on any atom is 0.224 e. The van der Waals surface area contributed by atoms with E-state index in [1.165, 1.54) is 5.56 Å². The standard InChI is InChI=1S/C19H25N3O/c1-4-8-19(23)21-17-11-12-18(20-13-17)22(15(2)3)14-16-9-6-5-7-10-16/h5-7,9-13,15H,4,8,14H2,1-3H3,(H,21,23). The van der Waals surface area contributed by atoms with Gasteiger partial charge in [-0.25, -0.2) is 4.98 Å². The third-order valence-electron chi connectivity index (χ3n) is 3.62. The summed E-state index contributed by atoms with van der Waals surface area (Å²) in [6.45, 7) is 7.11. The molecular weight excluding hydrogens is 286 g/mol. The largest absolute Gasteiger partial charge is 0.350 e. The Bertz CT molecular complexity index is 608. The zero-order valence-electron chi connectivity index (χ0n) is 14.1. The number of anilines is 2. The molecule has 1 aromatic heterocycles. The van der Waals surface area contributed by atoms with Crippen molar-refractivity contribution in [1.82, 2.24) is 4.98 Å². The van der Waals surface area contributed by atoms with Crippen LogP contribution < -0.4 is 10.2 Å². The summed E-state index contributed by atoms with van der Waals surface area (Å²) in [5.74, 6) is 0.949. The van der Waals surface area contributed by atoms with Gasteiger partial charge in [-0.2, -0.15) is 0 Å². The number of aromatic nitrogens is 1. The summed E-state index contributed by atoms with van der Waals surface area (Å²) >= 11 is 0. The molecule has 0 radical (unpaired) electrons. The fourth-order valence-electron chi connectivity index (χ4n) is 2.39. The number of nitrogens with zero attached hydrogens (tertiary/aromatic N) is 2. The number of carbonyl (C=O) groups excluding carboxylic acids is 1. The van der Waals surface area contributed by atoms with Crippen molar-refractivity contribution in [3.8, 4) is 0 Å². The van der Waals surface area contributed by atoms with Gasteiger partial charge in [0.25, 0.3) is 0 Å². The lowest BCUT2D eigenvalue weighted by atomic mass is 10.2. The van der Waals surface area contributed by atoms with Gasteiger partial charge < -0.3 is 10.2 Å². The van der Waals surface area contributed by atoms with Crippen LogP contribution in [0, 0.1) is 0 Å². The second-order valence-electron chi connectivity index (χ2n) is 5.91. The first kappa shape index (κ1) is 17.0. The molecule has 0 atom stereocenters. The molecule has 0 spiro atoms. The first-order valence-electron chi connectivity index (χ1n) is 8.16. The molecule has 0 unspecified atom stereocenters. The van der Waals surface area contributed by atoms with Crippen LogP contribution in [-0.4, -0.2) is 16.9 Å². The predicted octanol–water partition coefficient (Wildman–Crippen LogP) is 4.24. The van der Waals surface area contributed by atoms with Gasteiger partial charge in [0.2, 0.25) is 5.91 Å². The van der Waals surface area contributed by atoms with E-state index in [1.807, 2.05) is 37.3 Å². The Morgan fingerprint density at radius 2 is 1.91 bits per heavy atom. The van der Waals surface area contributed by atoms with E-state index in [1.54, 1.807) is 6.20 Å². The number of pyridine rings is 1. The molecule has 1 amide bonds. The Balaban J connectivity index is 2.09. The number of benzene rings is 1. The van der Waals surface area contributed by atoms with Crippen molar-refractivity contribution < 1.29 is 4.79 Å². The quantitative estimate of drug-likeness (QED) is 0.832. The molecule has 1 heterocycles. The van der Waals surface area contributed by atoms with E-state index in [2.05, 4.69) is 41.2 Å². The number of nitrogens with one attached hydrogen (secondary N) is 1. The summed E-state index contributed by atoms with van der Waals surface area (Å²) in [5, 5.41) is 2.87. The maximum atomic E-state index is 11.6. The van der Waals surface area contributed by atoms with Crippen LogP contribution in [-0.2, 0) is 11.3 Å². The molecule has 23 heavy (non-hydrogen) atoms. The fourth-order valence-corrected chi connectivity index (χ4v) is 2.39. The third kappa shape index (κ3) is 5.09. The van der Waals surface area contributed by atoms with Crippen LogP contribution in [0.4, 0.5) is 11.5 Å². The summed E-state index contributed by atoms with van der Waals surface area (Å²) < 4.78 is 0. The van der Waals surface area contributed by atoms with E-state index in [-0.39, 0.29) is 5.91 Å². The van der Waals surface area contributed by atoms with E-state index < -0.39 is 0 Å². The molecule has 2 aromatic rings. The lowest BCUT2D eigenvalue weighted by Crippen LogP contribution is -2.30. The Morgan fingerprint density at radius 1 is 1.17 bits per heavy atom. The van der Waals surface area contributed by atoms with Crippen LogP contribution in [0.15, 0.2) is 48.7 Å². The topological polar surface area (TPSA) is 45.2 Å². The minimum absolute atomic E-state index is 0.0343. The Morgan fingerprint density at radius 3 is 2.48 bits per heavy atom. The van der Waals surface area contributed by atoms with E-state index in [0.29, 0.717) is 12.5 Å². The van der Waals surface area contributed by atoms with Gasteiger partial charge in [0.05, 0.1) is 11.9 Å². The molecule has 4 nitrogen and oxygen atoms in total. The first-order valence-corrected chi connectivity index (χ1v) is 8.16. The molecule has 4 heteroatoms. The minimum atomic E-state index is 0.0343. The number of rotatable bonds is 7. The Kier molecular flexibility index (Phi) is 6.15. The molecule has 0 saturated heterocycles. The number of carbonyl (C=O) groups is 1. The summed E-state index contributed by atoms with van der Waals surface area (Å²) in [6.07, 6.45) is 3.10. The van der Waals surface area contributed by atoms with Crippen molar-refractivity contribution in [3.63, 3.8) is 0 Å². The molecular formula is C19H25N3O. The highest BCUT2D eigenvalue weighted by atomic mass is 16.1. The van der Waals surface area contributed by atoms with Gasteiger partial charge in [0.1, 0.15) is 5.82 Å². The molecule has 1 N–H and O–H groups in total. The van der Waals surface area contributed by atoms with Gasteiger partial charge in [-0.1, -0.05) is 37.3 Å². The van der Waals surface area contributed by atoms with Gasteiger partial charge >= 0.3 is 0 Å². The number of amides is 1. The van der Waals surface area contributed by atoms with Crippen LogP contribution >= 0.6 is 0 Å². The monoisotopic (exact) mass is 311 g/mol. The van der Waals surface area contributed by atoms with Crippen LogP contribution in [0.5, 0.6) is 0 Å². The van der Waals surface area contributed by atoms with E-state index >= 15 is 0 Å². The second-order valence-corrected chi connectivity index (χ2v) is 5.91. The van der Waals surface area contributed by atoms with Gasteiger partial charge in [0, 0.05) is 19.0 Å². The predicted molar refractivity (Wildman–Crippen MR) is 95.5 cm³/mol. The van der Waals surface area contributed by atoms with Crippen molar-refractivity contribution >= 4 is 17.4 Å². The molecule has 122 valence electrons. The average molecular weight is 311 g/mol. The third-order valence-corrected chi connectivity index (χ3v) is 3.62. The van der Waals surface area contributed by atoms with Gasteiger partial charge in [0.15, 0.2) is 0 Å². The van der Waals surface area contributed by atoms with Crippen molar-refractivity contribution in [2.45, 2.75) is 46.2 Å². The van der Waals surface area contributed by atoms with Crippen molar-refractivity contribution in [3.05, 3.63) is 54.2 Å². The normalized spacial score (nSPS) is 10.6. The molecule has 0 aliphatic heterocycles. The highest BCUT2D eigenvalue weighted by Crippen LogP contribution is 2.19. The molecule has 0 aliphatic rings. The minimum Gasteiger partial charge on any atom is -0.350 e. The number of hydrogen-bond donors (Lipinski definition) is 1. The van der Waals surface area contributed by atoms with Crippen LogP contribution in [0.25, 0.3) is 0 Å². The highest BCUT2D eigenvalue weighted by Gasteiger charge is 2.12. The van der Waals surface area contributed by atoms with Crippen molar-refractivity contribution in [2.75, 3.05) is 10.2 Å². The summed E-state index contributed by atoms with van der Waals surface area (Å²) in [7, 11) is 0. The zero-order chi connectivity index (χ0) is 16.7. The second kappa shape index (κ2) is 8.32. The van der Waals surface area contributed by atoms with Crippen LogP contribution in [0.3, 0.4) is 0 Å². The highest BCUT2D eigenvalue weighted by molar-refractivity contribution is 5.90. The van der Waals surface area contributed by atoms with Crippen LogP contribution in [0.2, 0.25) is 0 Å². The zero-order valence-corrected chi connectivity index (χ0v) is 14.1. The molecule has 0 aliphatic carbocycles. The molecule has 0 saturated carbocycles. The van der Waals surface area contributed by atoms with E-state index in [9.17, 15) is 4.79 Å². The van der Waals surface area contributed by atoms with Gasteiger partial charge in [-0.3, -0.25) is 4.79 Å². The molecule has 0 bridgehead atoms. The Labute approximate surface area is 138 Å². The molecule has 2 rings (SSSR count). The Hall–Kier alpha value is -2.36. The summed E-state index contributed by atoms with van der Waals surface area (Å²) in [4.78, 5) is 18.4. The average Bonchev–Trinajstić information content (AvgIpc) is 2.54. The van der Waals surface area contributed by atoms with Crippen molar-refractivity contribution in [1.29, 1.82) is 0 Å². The SMILES string of the molecule is CCCC(=O)Nc1ccc(N(Cc2ccccc2)C(C)C)nc1. The number of hydrogen-bond acceptors (Lipinski definition) is 3. The van der Waals surface area contributed by atoms with Gasteiger partial charge in [-0.15, -0.1) is 0 Å². The van der Waals surface area contributed by atoms with E-state index in [4.69, 9.17) is 0 Å². The van der Waals surface area contributed by atoms with Crippen molar-refractivity contribution in [2.24, 2.45) is 0 Å². The van der Waals surface area contributed by atoms with Crippen LogP contribution in [0.1, 0.15) is 39.2 Å².